The molecule has 11 nitrogen and oxygen atoms in total. The minimum Gasteiger partial charge on any atom is -0.480 e. The molecule has 0 aliphatic heterocycles. The maximum atomic E-state index is 12.5. The standard InChI is InChI=1S/C23H23N5O6/c1-28(2)11-18(22(30)31)24-21(29)19-20(27-34-26-19)25-23(32)33-12-17-15-9-5-3-7-13(15)14-8-4-6-10-16(14)17/h3-10,17-18H,11-12H2,1-2H3,(H,24,29)(H,30,31)(H,25,27,32). The molecule has 1 aliphatic carbocycles. The van der Waals surface area contributed by atoms with Crippen molar-refractivity contribution in [2.45, 2.75) is 12.0 Å². The number of nitrogens with zero attached hydrogens (tertiary/aromatic N) is 3. The summed E-state index contributed by atoms with van der Waals surface area (Å²) in [6.45, 7) is 0.123. The molecule has 0 saturated heterocycles. The molecule has 1 unspecified atom stereocenters. The number of aromatic nitrogens is 2. The maximum absolute atomic E-state index is 12.5. The number of nitrogens with one attached hydrogen (secondary N) is 2. The lowest BCUT2D eigenvalue weighted by Gasteiger charge is -2.18. The monoisotopic (exact) mass is 465 g/mol. The van der Waals surface area contributed by atoms with E-state index < -0.39 is 24.0 Å². The molecule has 0 bridgehead atoms. The maximum Gasteiger partial charge on any atom is 0.412 e. The molecule has 1 heterocycles. The van der Waals surface area contributed by atoms with Crippen molar-refractivity contribution in [3.05, 3.63) is 65.4 Å². The number of carbonyl (C=O) groups excluding carboxylic acids is 2. The molecule has 34 heavy (non-hydrogen) atoms. The Hall–Kier alpha value is -4.25. The summed E-state index contributed by atoms with van der Waals surface area (Å²) >= 11 is 0. The Labute approximate surface area is 194 Å². The lowest BCUT2D eigenvalue weighted by molar-refractivity contribution is -0.139. The topological polar surface area (TPSA) is 147 Å². The summed E-state index contributed by atoms with van der Waals surface area (Å²) in [5, 5.41) is 21.0. The molecule has 11 heteroatoms. The number of carbonyl (C=O) groups is 3. The zero-order valence-corrected chi connectivity index (χ0v) is 18.5. The molecule has 1 aromatic heterocycles. The summed E-state index contributed by atoms with van der Waals surface area (Å²) in [6, 6.07) is 14.7. The van der Waals surface area contributed by atoms with Crippen LogP contribution in [0.2, 0.25) is 0 Å². The lowest BCUT2D eigenvalue weighted by atomic mass is 9.98. The van der Waals surface area contributed by atoms with Crippen LogP contribution in [0, 0.1) is 0 Å². The van der Waals surface area contributed by atoms with Gasteiger partial charge >= 0.3 is 12.1 Å². The first-order chi connectivity index (χ1) is 16.3. The fraction of sp³-hybridized carbons (Fsp3) is 0.261. The second kappa shape index (κ2) is 9.71. The van der Waals surface area contributed by atoms with Crippen LogP contribution in [-0.4, -0.2) is 71.6 Å². The summed E-state index contributed by atoms with van der Waals surface area (Å²) in [5.41, 5.74) is 3.94. The van der Waals surface area contributed by atoms with Gasteiger partial charge in [0.2, 0.25) is 11.5 Å². The molecule has 4 rings (SSSR count). The number of ether oxygens (including phenoxy) is 1. The van der Waals surface area contributed by atoms with Crippen LogP contribution in [0.25, 0.3) is 11.1 Å². The number of anilines is 1. The highest BCUT2D eigenvalue weighted by Crippen LogP contribution is 2.44. The van der Waals surface area contributed by atoms with E-state index in [1.54, 1.807) is 19.0 Å². The number of rotatable bonds is 8. The third kappa shape index (κ3) is 4.74. The van der Waals surface area contributed by atoms with Crippen LogP contribution in [0.1, 0.15) is 27.5 Å². The van der Waals surface area contributed by atoms with Crippen LogP contribution in [-0.2, 0) is 9.53 Å². The van der Waals surface area contributed by atoms with E-state index >= 15 is 0 Å². The van der Waals surface area contributed by atoms with E-state index in [0.717, 1.165) is 22.3 Å². The third-order valence-electron chi connectivity index (χ3n) is 5.42. The normalized spacial score (nSPS) is 13.1. The predicted octanol–water partition coefficient (Wildman–Crippen LogP) is 2.18. The fourth-order valence-corrected chi connectivity index (χ4v) is 3.93. The van der Waals surface area contributed by atoms with E-state index in [2.05, 4.69) is 25.6 Å². The third-order valence-corrected chi connectivity index (χ3v) is 5.42. The number of hydrogen-bond acceptors (Lipinski definition) is 8. The Bertz CT molecular complexity index is 1180. The van der Waals surface area contributed by atoms with E-state index in [4.69, 9.17) is 4.74 Å². The number of amides is 2. The second-order valence-electron chi connectivity index (χ2n) is 8.04. The van der Waals surface area contributed by atoms with Gasteiger partial charge in [-0.2, -0.15) is 0 Å². The number of carboxylic acids is 1. The molecule has 3 N–H and O–H groups in total. The van der Waals surface area contributed by atoms with Crippen molar-refractivity contribution in [2.75, 3.05) is 32.6 Å². The Kier molecular flexibility index (Phi) is 6.55. The van der Waals surface area contributed by atoms with Gasteiger partial charge in [-0.25, -0.2) is 14.2 Å². The highest BCUT2D eigenvalue weighted by atomic mass is 16.6. The molecule has 0 radical (unpaired) electrons. The summed E-state index contributed by atoms with van der Waals surface area (Å²) < 4.78 is 10.0. The van der Waals surface area contributed by atoms with Crippen molar-refractivity contribution < 1.29 is 28.9 Å². The van der Waals surface area contributed by atoms with Gasteiger partial charge in [0.25, 0.3) is 5.91 Å². The average molecular weight is 465 g/mol. The van der Waals surface area contributed by atoms with Gasteiger partial charge in [-0.15, -0.1) is 0 Å². The fourth-order valence-electron chi connectivity index (χ4n) is 3.93. The van der Waals surface area contributed by atoms with Crippen molar-refractivity contribution in [3.8, 4) is 11.1 Å². The van der Waals surface area contributed by atoms with E-state index in [1.165, 1.54) is 0 Å². The second-order valence-corrected chi connectivity index (χ2v) is 8.04. The van der Waals surface area contributed by atoms with Gasteiger partial charge in [0, 0.05) is 12.5 Å². The minimum absolute atomic E-state index is 0.0570. The summed E-state index contributed by atoms with van der Waals surface area (Å²) in [4.78, 5) is 38.0. The Balaban J connectivity index is 1.41. The number of hydrogen-bond donors (Lipinski definition) is 3. The van der Waals surface area contributed by atoms with Crippen LogP contribution >= 0.6 is 0 Å². The molecule has 2 amide bonds. The Morgan fingerprint density at radius 1 is 1.06 bits per heavy atom. The van der Waals surface area contributed by atoms with Crippen molar-refractivity contribution >= 4 is 23.8 Å². The summed E-state index contributed by atoms with van der Waals surface area (Å²) in [5.74, 6) is -2.49. The largest absolute Gasteiger partial charge is 0.480 e. The summed E-state index contributed by atoms with van der Waals surface area (Å²) in [7, 11) is 3.34. The SMILES string of the molecule is CN(C)CC(NC(=O)c1nonc1NC(=O)OCC1c2ccccc2-c2ccccc21)C(=O)O. The highest BCUT2D eigenvalue weighted by molar-refractivity contribution is 6.01. The Morgan fingerprint density at radius 2 is 1.68 bits per heavy atom. The van der Waals surface area contributed by atoms with E-state index in [-0.39, 0.29) is 30.6 Å². The van der Waals surface area contributed by atoms with Crippen LogP contribution < -0.4 is 10.6 Å². The molecule has 1 aliphatic rings. The number of aliphatic carboxylic acids is 1. The van der Waals surface area contributed by atoms with Crippen molar-refractivity contribution in [1.82, 2.24) is 20.5 Å². The average Bonchev–Trinajstić information content (AvgIpc) is 3.39. The van der Waals surface area contributed by atoms with E-state index in [9.17, 15) is 19.5 Å². The zero-order valence-electron chi connectivity index (χ0n) is 18.5. The molecule has 176 valence electrons. The first-order valence-electron chi connectivity index (χ1n) is 10.5. The van der Waals surface area contributed by atoms with Gasteiger partial charge < -0.3 is 20.1 Å². The smallest absolute Gasteiger partial charge is 0.412 e. The van der Waals surface area contributed by atoms with Crippen LogP contribution in [0.5, 0.6) is 0 Å². The Morgan fingerprint density at radius 3 is 2.26 bits per heavy atom. The number of benzene rings is 2. The summed E-state index contributed by atoms with van der Waals surface area (Å²) in [6.07, 6.45) is -0.852. The quantitative estimate of drug-likeness (QED) is 0.455. The van der Waals surface area contributed by atoms with Crippen molar-refractivity contribution in [3.63, 3.8) is 0 Å². The van der Waals surface area contributed by atoms with Gasteiger partial charge in [0.1, 0.15) is 12.6 Å². The highest BCUT2D eigenvalue weighted by Gasteiger charge is 2.30. The minimum atomic E-state index is -1.22. The predicted molar refractivity (Wildman–Crippen MR) is 120 cm³/mol. The van der Waals surface area contributed by atoms with Gasteiger partial charge in [0.05, 0.1) is 0 Å². The number of fused-ring (bicyclic) bond motifs is 3. The molecule has 0 saturated carbocycles. The van der Waals surface area contributed by atoms with Crippen LogP contribution in [0.3, 0.4) is 0 Å². The van der Waals surface area contributed by atoms with E-state index in [1.807, 2.05) is 48.5 Å². The van der Waals surface area contributed by atoms with E-state index in [0.29, 0.717) is 0 Å². The van der Waals surface area contributed by atoms with Gasteiger partial charge in [-0.1, -0.05) is 48.5 Å². The molecule has 0 spiro atoms. The molecule has 0 fully saturated rings. The molecular formula is C23H23N5O6. The van der Waals surface area contributed by atoms with Crippen molar-refractivity contribution in [2.24, 2.45) is 0 Å². The number of carboxylic acid groups (broad SMARTS) is 1. The van der Waals surface area contributed by atoms with Gasteiger partial charge in [-0.3, -0.25) is 10.1 Å². The van der Waals surface area contributed by atoms with Gasteiger partial charge in [-0.05, 0) is 46.7 Å². The number of likely N-dealkylation sites (N-methyl/N-ethyl adjacent to an activating group) is 1. The van der Waals surface area contributed by atoms with Crippen LogP contribution in [0.15, 0.2) is 53.2 Å². The van der Waals surface area contributed by atoms with Crippen LogP contribution in [0.4, 0.5) is 10.6 Å². The van der Waals surface area contributed by atoms with Crippen molar-refractivity contribution in [1.29, 1.82) is 0 Å². The molecule has 2 aromatic carbocycles. The lowest BCUT2D eigenvalue weighted by Crippen LogP contribution is -2.47. The zero-order chi connectivity index (χ0) is 24.2. The molecule has 1 atom stereocenters. The first kappa shape index (κ1) is 22.9. The molecule has 3 aromatic rings. The molecular weight excluding hydrogens is 442 g/mol. The van der Waals surface area contributed by atoms with Gasteiger partial charge in [0.15, 0.2) is 0 Å². The first-order valence-corrected chi connectivity index (χ1v) is 10.5.